The highest BCUT2D eigenvalue weighted by Gasteiger charge is 2.38. The number of fused-ring (bicyclic) bond motifs is 1. The normalized spacial score (nSPS) is 17.5. The van der Waals surface area contributed by atoms with E-state index in [0.29, 0.717) is 19.0 Å². The molecule has 32 heavy (non-hydrogen) atoms. The monoisotopic (exact) mass is 438 g/mol. The summed E-state index contributed by atoms with van der Waals surface area (Å²) in [6.45, 7) is 8.04. The number of piperazine rings is 1. The number of carbonyl (C=O) groups excluding carboxylic acids is 1. The lowest BCUT2D eigenvalue weighted by molar-refractivity contribution is -0.127. The molecule has 9 nitrogen and oxygen atoms in total. The fourth-order valence-corrected chi connectivity index (χ4v) is 4.27. The summed E-state index contributed by atoms with van der Waals surface area (Å²) in [6.07, 6.45) is 4.95. The number of anilines is 2. The Hall–Kier alpha value is -3.27. The molecular weight excluding hydrogens is 411 g/mol. The van der Waals surface area contributed by atoms with Crippen molar-refractivity contribution in [2.75, 3.05) is 49.1 Å². The van der Waals surface area contributed by atoms with Gasteiger partial charge >= 0.3 is 0 Å². The standard InChI is InChI=1S/C22H27FN8O/c1-22(2,17-12-25-18-5-3-4-8-31(17)18)28-20(32)15-13-30(14-15)19-16(23)11-26-21(27-19)29-9-6-24-7-10-29/h3-5,8,11-12,15,24H,6-7,9-10,13-14H2,1-2H3,(H,28,32). The van der Waals surface area contributed by atoms with E-state index in [-0.39, 0.29) is 17.6 Å². The molecule has 1 amide bonds. The van der Waals surface area contributed by atoms with Crippen LogP contribution >= 0.6 is 0 Å². The van der Waals surface area contributed by atoms with Crippen molar-refractivity contribution in [3.8, 4) is 0 Å². The van der Waals surface area contributed by atoms with Crippen molar-refractivity contribution in [2.45, 2.75) is 19.4 Å². The number of halogens is 1. The minimum atomic E-state index is -0.603. The van der Waals surface area contributed by atoms with Crippen molar-refractivity contribution >= 4 is 23.3 Å². The molecule has 0 atom stereocenters. The van der Waals surface area contributed by atoms with Crippen LogP contribution in [0.2, 0.25) is 0 Å². The smallest absolute Gasteiger partial charge is 0.227 e. The van der Waals surface area contributed by atoms with Gasteiger partial charge in [-0.1, -0.05) is 6.07 Å². The Bertz CT molecular complexity index is 1130. The number of nitrogens with zero attached hydrogens (tertiary/aromatic N) is 6. The van der Waals surface area contributed by atoms with E-state index in [1.807, 2.05) is 47.5 Å². The van der Waals surface area contributed by atoms with Gasteiger partial charge in [0, 0.05) is 45.5 Å². The summed E-state index contributed by atoms with van der Waals surface area (Å²) >= 11 is 0. The van der Waals surface area contributed by atoms with Crippen molar-refractivity contribution in [1.29, 1.82) is 0 Å². The van der Waals surface area contributed by atoms with Gasteiger partial charge in [-0.3, -0.25) is 4.79 Å². The Morgan fingerprint density at radius 3 is 2.72 bits per heavy atom. The summed E-state index contributed by atoms with van der Waals surface area (Å²) in [5.41, 5.74) is 1.13. The van der Waals surface area contributed by atoms with Crippen molar-refractivity contribution in [3.05, 3.63) is 48.3 Å². The summed E-state index contributed by atoms with van der Waals surface area (Å²) in [7, 11) is 0. The maximum Gasteiger partial charge on any atom is 0.227 e. The molecule has 0 unspecified atom stereocenters. The molecule has 0 radical (unpaired) electrons. The summed E-state index contributed by atoms with van der Waals surface area (Å²) in [5.74, 6) is 0.0383. The third-order valence-electron chi connectivity index (χ3n) is 6.16. The average Bonchev–Trinajstić information content (AvgIpc) is 3.19. The highest BCUT2D eigenvalue weighted by molar-refractivity contribution is 5.82. The van der Waals surface area contributed by atoms with Crippen LogP contribution in [0.1, 0.15) is 19.5 Å². The Morgan fingerprint density at radius 2 is 1.94 bits per heavy atom. The molecule has 0 aromatic carbocycles. The second-order valence-corrected chi connectivity index (χ2v) is 8.87. The maximum absolute atomic E-state index is 14.4. The third-order valence-corrected chi connectivity index (χ3v) is 6.16. The van der Waals surface area contributed by atoms with Gasteiger partial charge in [-0.05, 0) is 26.0 Å². The number of nitrogens with one attached hydrogen (secondary N) is 2. The zero-order chi connectivity index (χ0) is 22.3. The van der Waals surface area contributed by atoms with Crippen LogP contribution in [0.25, 0.3) is 5.65 Å². The van der Waals surface area contributed by atoms with Gasteiger partial charge < -0.3 is 24.8 Å². The number of rotatable bonds is 5. The van der Waals surface area contributed by atoms with Gasteiger partial charge in [0.2, 0.25) is 11.9 Å². The first kappa shape index (κ1) is 20.6. The predicted octanol–water partition coefficient (Wildman–Crippen LogP) is 1.16. The molecule has 2 aliphatic heterocycles. The summed E-state index contributed by atoms with van der Waals surface area (Å²) in [4.78, 5) is 29.8. The van der Waals surface area contributed by atoms with E-state index in [4.69, 9.17) is 0 Å². The quantitative estimate of drug-likeness (QED) is 0.618. The van der Waals surface area contributed by atoms with Crippen molar-refractivity contribution in [3.63, 3.8) is 0 Å². The molecule has 2 saturated heterocycles. The molecule has 10 heteroatoms. The van der Waals surface area contributed by atoms with E-state index in [9.17, 15) is 9.18 Å². The van der Waals surface area contributed by atoms with Crippen molar-refractivity contribution < 1.29 is 9.18 Å². The van der Waals surface area contributed by atoms with E-state index in [0.717, 1.165) is 37.5 Å². The molecule has 2 aliphatic rings. The lowest BCUT2D eigenvalue weighted by atomic mass is 9.95. The van der Waals surface area contributed by atoms with E-state index in [2.05, 4.69) is 25.6 Å². The minimum absolute atomic E-state index is 0.0612. The molecule has 5 heterocycles. The van der Waals surface area contributed by atoms with Gasteiger partial charge in [0.1, 0.15) is 5.65 Å². The van der Waals surface area contributed by atoms with Crippen LogP contribution < -0.4 is 20.4 Å². The average molecular weight is 439 g/mol. The summed E-state index contributed by atoms with van der Waals surface area (Å²) < 4.78 is 16.4. The SMILES string of the molecule is CC(C)(NC(=O)C1CN(c2nc(N3CCNCC3)ncc2F)C1)c1cnc2ccccn12. The minimum Gasteiger partial charge on any atom is -0.352 e. The lowest BCUT2D eigenvalue weighted by Gasteiger charge is -2.41. The number of hydrogen-bond donors (Lipinski definition) is 2. The molecule has 0 aliphatic carbocycles. The van der Waals surface area contributed by atoms with Gasteiger partial charge in [-0.2, -0.15) is 4.98 Å². The largest absolute Gasteiger partial charge is 0.352 e. The third kappa shape index (κ3) is 3.75. The van der Waals surface area contributed by atoms with Crippen molar-refractivity contribution in [1.82, 2.24) is 30.0 Å². The van der Waals surface area contributed by atoms with Crippen LogP contribution in [0.4, 0.5) is 16.2 Å². The number of hydrogen-bond acceptors (Lipinski definition) is 7. The second kappa shape index (κ2) is 8.01. The highest BCUT2D eigenvalue weighted by atomic mass is 19.1. The topological polar surface area (TPSA) is 90.7 Å². The number of carbonyl (C=O) groups is 1. The van der Waals surface area contributed by atoms with Gasteiger partial charge in [0.05, 0.1) is 29.5 Å². The molecule has 5 rings (SSSR count). The van der Waals surface area contributed by atoms with Gasteiger partial charge in [0.15, 0.2) is 11.6 Å². The molecule has 2 N–H and O–H groups in total. The van der Waals surface area contributed by atoms with Gasteiger partial charge in [-0.25, -0.2) is 14.4 Å². The van der Waals surface area contributed by atoms with Crippen LogP contribution in [0.5, 0.6) is 0 Å². The summed E-state index contributed by atoms with van der Waals surface area (Å²) in [5, 5.41) is 6.41. The predicted molar refractivity (Wildman–Crippen MR) is 119 cm³/mol. The first-order valence-electron chi connectivity index (χ1n) is 10.9. The fraction of sp³-hybridized carbons (Fsp3) is 0.455. The molecule has 2 fully saturated rings. The first-order chi connectivity index (χ1) is 15.4. The lowest BCUT2D eigenvalue weighted by Crippen LogP contribution is -2.57. The van der Waals surface area contributed by atoms with Crippen LogP contribution in [0.3, 0.4) is 0 Å². The van der Waals surface area contributed by atoms with Gasteiger partial charge in [0.25, 0.3) is 0 Å². The fourth-order valence-electron chi connectivity index (χ4n) is 4.27. The molecule has 3 aromatic heterocycles. The Kier molecular flexibility index (Phi) is 5.16. The number of amides is 1. The number of pyridine rings is 1. The maximum atomic E-state index is 14.4. The van der Waals surface area contributed by atoms with Gasteiger partial charge in [-0.15, -0.1) is 0 Å². The molecule has 168 valence electrons. The summed E-state index contributed by atoms with van der Waals surface area (Å²) in [6, 6.07) is 5.79. The van der Waals surface area contributed by atoms with Crippen LogP contribution in [0, 0.1) is 11.7 Å². The number of aromatic nitrogens is 4. The van der Waals surface area contributed by atoms with E-state index >= 15 is 0 Å². The first-order valence-corrected chi connectivity index (χ1v) is 10.9. The van der Waals surface area contributed by atoms with Crippen LogP contribution in [0.15, 0.2) is 36.8 Å². The van der Waals surface area contributed by atoms with E-state index < -0.39 is 11.4 Å². The van der Waals surface area contributed by atoms with Crippen molar-refractivity contribution in [2.24, 2.45) is 5.92 Å². The molecule has 0 saturated carbocycles. The Labute approximate surface area is 185 Å². The number of imidazole rings is 1. The Balaban J connectivity index is 1.25. The zero-order valence-electron chi connectivity index (χ0n) is 18.3. The van der Waals surface area contributed by atoms with Crippen LogP contribution in [-0.2, 0) is 10.3 Å². The molecule has 0 spiro atoms. The Morgan fingerprint density at radius 1 is 1.16 bits per heavy atom. The molecule has 3 aromatic rings. The highest BCUT2D eigenvalue weighted by Crippen LogP contribution is 2.28. The zero-order valence-corrected chi connectivity index (χ0v) is 18.3. The van der Waals surface area contributed by atoms with E-state index in [1.54, 1.807) is 11.1 Å². The van der Waals surface area contributed by atoms with E-state index in [1.165, 1.54) is 6.20 Å². The second-order valence-electron chi connectivity index (χ2n) is 8.87. The van der Waals surface area contributed by atoms with Crippen LogP contribution in [-0.4, -0.2) is 64.5 Å². The molecule has 0 bridgehead atoms. The molecular formula is C22H27FN8O.